The summed E-state index contributed by atoms with van der Waals surface area (Å²) < 4.78 is 5.68. The zero-order valence-corrected chi connectivity index (χ0v) is 12.6. The molecule has 0 aliphatic heterocycles. The van der Waals surface area contributed by atoms with Crippen LogP contribution < -0.4 is 10.1 Å². The van der Waals surface area contributed by atoms with Crippen molar-refractivity contribution in [3.8, 4) is 5.75 Å². The van der Waals surface area contributed by atoms with E-state index in [1.807, 2.05) is 38.1 Å². The van der Waals surface area contributed by atoms with Crippen LogP contribution in [0.3, 0.4) is 0 Å². The number of carbonyl (C=O) groups is 1. The molecule has 2 atom stereocenters. The Morgan fingerprint density at radius 2 is 2.29 bits per heavy atom. The maximum atomic E-state index is 12.2. The fraction of sp³-hybridized carbons (Fsp3) is 0.375. The van der Waals surface area contributed by atoms with Crippen molar-refractivity contribution in [2.75, 3.05) is 0 Å². The second-order valence-corrected chi connectivity index (χ2v) is 5.02. The molecule has 112 valence electrons. The Hall–Kier alpha value is -2.30. The number of benzene rings is 1. The van der Waals surface area contributed by atoms with Crippen molar-refractivity contribution in [2.45, 2.75) is 39.3 Å². The summed E-state index contributed by atoms with van der Waals surface area (Å²) in [6, 6.07) is 7.53. The van der Waals surface area contributed by atoms with E-state index in [1.54, 1.807) is 19.3 Å². The molecule has 1 amide bonds. The van der Waals surface area contributed by atoms with Crippen molar-refractivity contribution in [1.29, 1.82) is 0 Å². The standard InChI is InChI=1S/C16H21N3O2/c1-4-14(15-17-8-9-18-15)19-16(20)12(3)21-13-7-5-6-11(2)10-13/h5-10,12,14H,4H2,1-3H3,(H,17,18)(H,19,20). The van der Waals surface area contributed by atoms with Gasteiger partial charge in [0.2, 0.25) is 0 Å². The number of carbonyl (C=O) groups excluding carboxylic acids is 1. The minimum Gasteiger partial charge on any atom is -0.481 e. The number of H-pyrrole nitrogens is 1. The number of ether oxygens (including phenoxy) is 1. The average Bonchev–Trinajstić information content (AvgIpc) is 2.98. The van der Waals surface area contributed by atoms with Crippen molar-refractivity contribution in [3.63, 3.8) is 0 Å². The third kappa shape index (κ3) is 4.08. The Morgan fingerprint density at radius 1 is 1.48 bits per heavy atom. The molecule has 2 unspecified atom stereocenters. The zero-order valence-electron chi connectivity index (χ0n) is 12.6. The third-order valence-electron chi connectivity index (χ3n) is 3.25. The van der Waals surface area contributed by atoms with Crippen LogP contribution in [0.15, 0.2) is 36.7 Å². The SMILES string of the molecule is CCC(NC(=O)C(C)Oc1cccc(C)c1)c1ncc[nH]1. The van der Waals surface area contributed by atoms with E-state index >= 15 is 0 Å². The fourth-order valence-electron chi connectivity index (χ4n) is 2.07. The molecule has 5 heteroatoms. The van der Waals surface area contributed by atoms with E-state index in [1.165, 1.54) is 0 Å². The molecule has 0 bridgehead atoms. The van der Waals surface area contributed by atoms with Crippen LogP contribution in [-0.2, 0) is 4.79 Å². The molecule has 1 heterocycles. The summed E-state index contributed by atoms with van der Waals surface area (Å²) in [5.74, 6) is 1.30. The summed E-state index contributed by atoms with van der Waals surface area (Å²) in [6.45, 7) is 5.73. The van der Waals surface area contributed by atoms with Crippen LogP contribution in [0, 0.1) is 6.92 Å². The summed E-state index contributed by atoms with van der Waals surface area (Å²) in [7, 11) is 0. The molecule has 0 spiro atoms. The topological polar surface area (TPSA) is 67.0 Å². The maximum Gasteiger partial charge on any atom is 0.261 e. The lowest BCUT2D eigenvalue weighted by molar-refractivity contribution is -0.128. The van der Waals surface area contributed by atoms with E-state index in [0.29, 0.717) is 5.75 Å². The van der Waals surface area contributed by atoms with Gasteiger partial charge in [-0.3, -0.25) is 4.79 Å². The van der Waals surface area contributed by atoms with E-state index < -0.39 is 6.10 Å². The quantitative estimate of drug-likeness (QED) is 0.858. The second kappa shape index (κ2) is 6.92. The summed E-state index contributed by atoms with van der Waals surface area (Å²) >= 11 is 0. The highest BCUT2D eigenvalue weighted by atomic mass is 16.5. The molecule has 1 aromatic heterocycles. The van der Waals surface area contributed by atoms with Crippen LogP contribution in [0.25, 0.3) is 0 Å². The van der Waals surface area contributed by atoms with Gasteiger partial charge in [-0.05, 0) is 38.0 Å². The van der Waals surface area contributed by atoms with E-state index in [-0.39, 0.29) is 11.9 Å². The molecule has 2 rings (SSSR count). The predicted octanol–water partition coefficient (Wildman–Crippen LogP) is 2.75. The first kappa shape index (κ1) is 15.1. The molecular weight excluding hydrogens is 266 g/mol. The number of aromatic nitrogens is 2. The molecule has 5 nitrogen and oxygen atoms in total. The van der Waals surface area contributed by atoms with Crippen LogP contribution in [0.5, 0.6) is 5.75 Å². The Bertz CT molecular complexity index is 581. The van der Waals surface area contributed by atoms with Gasteiger partial charge in [-0.2, -0.15) is 0 Å². The number of amides is 1. The van der Waals surface area contributed by atoms with Crippen LogP contribution in [-0.4, -0.2) is 22.0 Å². The van der Waals surface area contributed by atoms with Crippen molar-refractivity contribution in [3.05, 3.63) is 48.0 Å². The lowest BCUT2D eigenvalue weighted by atomic mass is 10.2. The molecule has 0 saturated carbocycles. The molecular formula is C16H21N3O2. The summed E-state index contributed by atoms with van der Waals surface area (Å²) in [6.07, 6.45) is 3.63. The van der Waals surface area contributed by atoms with Gasteiger partial charge in [-0.25, -0.2) is 4.98 Å². The summed E-state index contributed by atoms with van der Waals surface area (Å²) in [4.78, 5) is 19.4. The molecule has 0 radical (unpaired) electrons. The number of rotatable bonds is 6. The number of imidazole rings is 1. The van der Waals surface area contributed by atoms with Crippen LogP contribution >= 0.6 is 0 Å². The molecule has 2 aromatic rings. The number of aryl methyl sites for hydroxylation is 1. The molecule has 0 aliphatic rings. The minimum atomic E-state index is -0.559. The van der Waals surface area contributed by atoms with Crippen molar-refractivity contribution in [2.24, 2.45) is 0 Å². The number of aromatic amines is 1. The summed E-state index contributed by atoms with van der Waals surface area (Å²) in [5, 5.41) is 2.95. The van der Waals surface area contributed by atoms with Gasteiger partial charge in [-0.1, -0.05) is 19.1 Å². The predicted molar refractivity (Wildman–Crippen MR) is 81.0 cm³/mol. The average molecular weight is 287 g/mol. The first-order valence-corrected chi connectivity index (χ1v) is 7.13. The Kier molecular flexibility index (Phi) is 4.98. The van der Waals surface area contributed by atoms with E-state index in [9.17, 15) is 4.79 Å². The molecule has 0 saturated heterocycles. The van der Waals surface area contributed by atoms with Gasteiger partial charge in [0.1, 0.15) is 11.6 Å². The lowest BCUT2D eigenvalue weighted by Crippen LogP contribution is -2.38. The first-order valence-electron chi connectivity index (χ1n) is 7.13. The second-order valence-electron chi connectivity index (χ2n) is 5.02. The van der Waals surface area contributed by atoms with Gasteiger partial charge in [0.15, 0.2) is 6.10 Å². The normalized spacial score (nSPS) is 13.5. The first-order chi connectivity index (χ1) is 10.1. The third-order valence-corrected chi connectivity index (χ3v) is 3.25. The van der Waals surface area contributed by atoms with Crippen LogP contribution in [0.4, 0.5) is 0 Å². The highest BCUT2D eigenvalue weighted by Crippen LogP contribution is 2.16. The van der Waals surface area contributed by atoms with Crippen molar-refractivity contribution < 1.29 is 9.53 Å². The molecule has 2 N–H and O–H groups in total. The maximum absolute atomic E-state index is 12.2. The van der Waals surface area contributed by atoms with E-state index in [4.69, 9.17) is 4.74 Å². The molecule has 21 heavy (non-hydrogen) atoms. The van der Waals surface area contributed by atoms with Crippen LogP contribution in [0.2, 0.25) is 0 Å². The molecule has 0 aliphatic carbocycles. The van der Waals surface area contributed by atoms with Crippen molar-refractivity contribution in [1.82, 2.24) is 15.3 Å². The van der Waals surface area contributed by atoms with Crippen molar-refractivity contribution >= 4 is 5.91 Å². The van der Waals surface area contributed by atoms with E-state index in [0.717, 1.165) is 17.8 Å². The highest BCUT2D eigenvalue weighted by molar-refractivity contribution is 5.81. The van der Waals surface area contributed by atoms with Gasteiger partial charge in [0, 0.05) is 12.4 Å². The number of hydrogen-bond acceptors (Lipinski definition) is 3. The largest absolute Gasteiger partial charge is 0.481 e. The van der Waals surface area contributed by atoms with Gasteiger partial charge < -0.3 is 15.0 Å². The van der Waals surface area contributed by atoms with Gasteiger partial charge in [0.05, 0.1) is 6.04 Å². The Balaban J connectivity index is 1.96. The number of hydrogen-bond donors (Lipinski definition) is 2. The molecule has 1 aromatic carbocycles. The highest BCUT2D eigenvalue weighted by Gasteiger charge is 2.20. The Labute approximate surface area is 124 Å². The van der Waals surface area contributed by atoms with Crippen LogP contribution in [0.1, 0.15) is 37.7 Å². The molecule has 0 fully saturated rings. The fourth-order valence-corrected chi connectivity index (χ4v) is 2.07. The minimum absolute atomic E-state index is 0.129. The number of nitrogens with zero attached hydrogens (tertiary/aromatic N) is 1. The summed E-state index contributed by atoms with van der Waals surface area (Å²) in [5.41, 5.74) is 1.10. The van der Waals surface area contributed by atoms with Gasteiger partial charge in [0.25, 0.3) is 5.91 Å². The van der Waals surface area contributed by atoms with Gasteiger partial charge in [-0.15, -0.1) is 0 Å². The smallest absolute Gasteiger partial charge is 0.261 e. The monoisotopic (exact) mass is 287 g/mol. The zero-order chi connectivity index (χ0) is 15.2. The lowest BCUT2D eigenvalue weighted by Gasteiger charge is -2.19. The number of nitrogens with one attached hydrogen (secondary N) is 2. The Morgan fingerprint density at radius 3 is 2.90 bits per heavy atom. The van der Waals surface area contributed by atoms with E-state index in [2.05, 4.69) is 15.3 Å². The van der Waals surface area contributed by atoms with Gasteiger partial charge >= 0.3 is 0 Å².